The summed E-state index contributed by atoms with van der Waals surface area (Å²) in [5, 5.41) is 10.7. The molecule has 0 aliphatic rings. The van der Waals surface area contributed by atoms with Crippen LogP contribution >= 0.6 is 22.9 Å². The second kappa shape index (κ2) is 9.65. The Labute approximate surface area is 184 Å². The monoisotopic (exact) mass is 464 g/mol. The molecule has 3 rings (SSSR count). The number of carbonyl (C=O) groups is 1. The number of sulfonamides is 1. The lowest BCUT2D eigenvalue weighted by atomic mass is 9.98. The van der Waals surface area contributed by atoms with Gasteiger partial charge in [0.05, 0.1) is 0 Å². The topological polar surface area (TPSA) is 101 Å². The predicted octanol–water partition coefficient (Wildman–Crippen LogP) is 4.51. The molecule has 2 aromatic carbocycles. The van der Waals surface area contributed by atoms with Crippen LogP contribution in [0.15, 0.2) is 58.9 Å². The van der Waals surface area contributed by atoms with Gasteiger partial charge in [-0.05, 0) is 42.2 Å². The van der Waals surface area contributed by atoms with Gasteiger partial charge in [0.1, 0.15) is 0 Å². The molecule has 0 bridgehead atoms. The van der Waals surface area contributed by atoms with E-state index in [4.69, 9.17) is 11.6 Å². The second-order valence-corrected chi connectivity index (χ2v) is 10.3. The molecule has 2 N–H and O–H groups in total. The molecule has 0 aliphatic heterocycles. The summed E-state index contributed by atoms with van der Waals surface area (Å²) in [7, 11) is -3.91. The number of hydrogen-bond acceptors (Lipinski definition) is 6. The van der Waals surface area contributed by atoms with Crippen molar-refractivity contribution in [2.24, 2.45) is 5.92 Å². The summed E-state index contributed by atoms with van der Waals surface area (Å²) >= 11 is 6.61. The Morgan fingerprint density at radius 2 is 1.73 bits per heavy atom. The summed E-state index contributed by atoms with van der Waals surface area (Å²) in [6.45, 7) is 4.05. The smallest absolute Gasteiger partial charge is 0.270 e. The summed E-state index contributed by atoms with van der Waals surface area (Å²) in [4.78, 5) is 12.3. The van der Waals surface area contributed by atoms with Gasteiger partial charge in [0.2, 0.25) is 9.47 Å². The standard InChI is InChI=1S/C20H21ClN4O3S2/c1-13(2)12-17(14-6-4-3-5-7-14)25-30(27,28)20-24-23-19(29-20)22-18(26)15-8-10-16(21)11-9-15/h3-11,13,17,25H,12H2,1-2H3,(H,22,23,26). The van der Waals surface area contributed by atoms with Crippen molar-refractivity contribution in [3.05, 3.63) is 70.7 Å². The lowest BCUT2D eigenvalue weighted by molar-refractivity contribution is 0.102. The number of anilines is 1. The Bertz CT molecular complexity index is 1100. The Hall–Kier alpha value is -2.33. The molecule has 30 heavy (non-hydrogen) atoms. The molecule has 0 spiro atoms. The average Bonchev–Trinajstić information content (AvgIpc) is 3.17. The molecule has 0 fully saturated rings. The van der Waals surface area contributed by atoms with Crippen molar-refractivity contribution < 1.29 is 13.2 Å². The van der Waals surface area contributed by atoms with E-state index in [1.165, 1.54) is 0 Å². The maximum Gasteiger partial charge on any atom is 0.270 e. The molecule has 0 radical (unpaired) electrons. The van der Waals surface area contributed by atoms with E-state index in [1.54, 1.807) is 24.3 Å². The lowest BCUT2D eigenvalue weighted by Crippen LogP contribution is -2.29. The molecule has 3 aromatic rings. The van der Waals surface area contributed by atoms with Crippen LogP contribution in [0.1, 0.15) is 42.2 Å². The molecule has 158 valence electrons. The molecule has 1 atom stereocenters. The van der Waals surface area contributed by atoms with Gasteiger partial charge in [0.25, 0.3) is 15.9 Å². The van der Waals surface area contributed by atoms with E-state index in [1.807, 2.05) is 44.2 Å². The minimum atomic E-state index is -3.91. The van der Waals surface area contributed by atoms with Crippen molar-refractivity contribution >= 4 is 44.0 Å². The molecule has 1 unspecified atom stereocenters. The van der Waals surface area contributed by atoms with Crippen LogP contribution in [0, 0.1) is 5.92 Å². The van der Waals surface area contributed by atoms with E-state index in [9.17, 15) is 13.2 Å². The van der Waals surface area contributed by atoms with E-state index in [2.05, 4.69) is 20.2 Å². The zero-order valence-electron chi connectivity index (χ0n) is 16.4. The van der Waals surface area contributed by atoms with E-state index in [0.717, 1.165) is 16.9 Å². The first-order valence-electron chi connectivity index (χ1n) is 9.22. The van der Waals surface area contributed by atoms with E-state index in [0.29, 0.717) is 17.0 Å². The van der Waals surface area contributed by atoms with E-state index >= 15 is 0 Å². The largest absolute Gasteiger partial charge is 0.296 e. The summed E-state index contributed by atoms with van der Waals surface area (Å²) < 4.78 is 28.3. The number of hydrogen-bond donors (Lipinski definition) is 2. The molecule has 1 amide bonds. The summed E-state index contributed by atoms with van der Waals surface area (Å²) in [6.07, 6.45) is 0.627. The average molecular weight is 465 g/mol. The van der Waals surface area contributed by atoms with Crippen molar-refractivity contribution in [1.82, 2.24) is 14.9 Å². The van der Waals surface area contributed by atoms with Gasteiger partial charge in [0.15, 0.2) is 0 Å². The highest BCUT2D eigenvalue weighted by atomic mass is 35.5. The van der Waals surface area contributed by atoms with Crippen LogP contribution < -0.4 is 10.0 Å². The van der Waals surface area contributed by atoms with Crippen molar-refractivity contribution in [1.29, 1.82) is 0 Å². The first-order chi connectivity index (χ1) is 14.2. The van der Waals surface area contributed by atoms with Crippen molar-refractivity contribution in [2.45, 2.75) is 30.6 Å². The second-order valence-electron chi connectivity index (χ2n) is 7.05. The van der Waals surface area contributed by atoms with Crippen molar-refractivity contribution in [3.63, 3.8) is 0 Å². The molecule has 0 aliphatic carbocycles. The first kappa shape index (κ1) is 22.4. The summed E-state index contributed by atoms with van der Waals surface area (Å²) in [5.74, 6) is -0.150. The number of nitrogens with one attached hydrogen (secondary N) is 2. The van der Waals surface area contributed by atoms with Crippen LogP contribution in [0.2, 0.25) is 5.02 Å². The molecule has 7 nitrogen and oxygen atoms in total. The molecular formula is C20H21ClN4O3S2. The maximum absolute atomic E-state index is 12.9. The number of amides is 1. The number of aromatic nitrogens is 2. The SMILES string of the molecule is CC(C)CC(NS(=O)(=O)c1nnc(NC(=O)c2ccc(Cl)cc2)s1)c1ccccc1. The van der Waals surface area contributed by atoms with Crippen LogP contribution in [0.5, 0.6) is 0 Å². The van der Waals surface area contributed by atoms with Gasteiger partial charge in [-0.3, -0.25) is 10.1 Å². The van der Waals surface area contributed by atoms with Gasteiger partial charge in [-0.25, -0.2) is 13.1 Å². The predicted molar refractivity (Wildman–Crippen MR) is 118 cm³/mol. The minimum absolute atomic E-state index is 0.0930. The Morgan fingerprint density at radius 3 is 2.37 bits per heavy atom. The van der Waals surface area contributed by atoms with Crippen LogP contribution in [0.4, 0.5) is 5.13 Å². The van der Waals surface area contributed by atoms with Crippen molar-refractivity contribution in [3.8, 4) is 0 Å². The Kier molecular flexibility index (Phi) is 7.19. The minimum Gasteiger partial charge on any atom is -0.296 e. The molecule has 1 heterocycles. The first-order valence-corrected chi connectivity index (χ1v) is 11.9. The zero-order valence-corrected chi connectivity index (χ0v) is 18.8. The highest BCUT2D eigenvalue weighted by Crippen LogP contribution is 2.26. The van der Waals surface area contributed by atoms with Gasteiger partial charge in [-0.2, -0.15) is 0 Å². The third-order valence-electron chi connectivity index (χ3n) is 4.17. The Morgan fingerprint density at radius 1 is 1.07 bits per heavy atom. The third kappa shape index (κ3) is 5.85. The van der Waals surface area contributed by atoms with Gasteiger partial charge in [-0.1, -0.05) is 67.1 Å². The van der Waals surface area contributed by atoms with Crippen LogP contribution in [-0.2, 0) is 10.0 Å². The third-order valence-corrected chi connectivity index (χ3v) is 7.10. The van der Waals surface area contributed by atoms with Crippen LogP contribution in [0.3, 0.4) is 0 Å². The fourth-order valence-corrected chi connectivity index (χ4v) is 5.06. The zero-order chi connectivity index (χ0) is 21.7. The normalized spacial score (nSPS) is 12.7. The molecule has 0 saturated heterocycles. The number of nitrogens with zero attached hydrogens (tertiary/aromatic N) is 2. The van der Waals surface area contributed by atoms with Gasteiger partial charge >= 0.3 is 0 Å². The number of carbonyl (C=O) groups excluding carboxylic acids is 1. The van der Waals surface area contributed by atoms with Crippen LogP contribution in [0.25, 0.3) is 0 Å². The quantitative estimate of drug-likeness (QED) is 0.477. The number of halogens is 1. The van der Waals surface area contributed by atoms with Crippen LogP contribution in [-0.4, -0.2) is 24.5 Å². The van der Waals surface area contributed by atoms with Crippen molar-refractivity contribution in [2.75, 3.05) is 5.32 Å². The van der Waals surface area contributed by atoms with E-state index < -0.39 is 22.0 Å². The molecule has 0 saturated carbocycles. The Balaban J connectivity index is 1.75. The molecule has 10 heteroatoms. The number of benzene rings is 2. The maximum atomic E-state index is 12.9. The summed E-state index contributed by atoms with van der Waals surface area (Å²) in [5.41, 5.74) is 1.24. The molecular weight excluding hydrogens is 444 g/mol. The lowest BCUT2D eigenvalue weighted by Gasteiger charge is -2.20. The molecule has 1 aromatic heterocycles. The summed E-state index contributed by atoms with van der Waals surface area (Å²) in [6, 6.07) is 15.3. The highest BCUT2D eigenvalue weighted by molar-refractivity contribution is 7.91. The fraction of sp³-hybridized carbons (Fsp3) is 0.250. The van der Waals surface area contributed by atoms with Gasteiger partial charge in [0, 0.05) is 16.6 Å². The van der Waals surface area contributed by atoms with Gasteiger partial charge in [-0.15, -0.1) is 10.2 Å². The number of rotatable bonds is 8. The van der Waals surface area contributed by atoms with Gasteiger partial charge < -0.3 is 0 Å². The van der Waals surface area contributed by atoms with E-state index in [-0.39, 0.29) is 15.4 Å². The fourth-order valence-electron chi connectivity index (χ4n) is 2.79. The highest BCUT2D eigenvalue weighted by Gasteiger charge is 2.26.